The predicted octanol–water partition coefficient (Wildman–Crippen LogP) is 2.60. The molecule has 0 aliphatic carbocycles. The summed E-state index contributed by atoms with van der Waals surface area (Å²) < 4.78 is 0.817. The van der Waals surface area contributed by atoms with Crippen molar-refractivity contribution < 1.29 is 0 Å². The Hall–Kier alpha value is 0.460. The second-order valence-electron chi connectivity index (χ2n) is 2.29. The molecule has 0 aromatic heterocycles. The summed E-state index contributed by atoms with van der Waals surface area (Å²) in [4.78, 5) is 4.25. The molecule has 1 rings (SSSR count). The normalized spacial score (nSPS) is 17.2. The molecule has 0 radical (unpaired) electrons. The van der Waals surface area contributed by atoms with Gasteiger partial charge in [-0.05, 0) is 12.2 Å². The molecule has 0 fully saturated rings. The Morgan fingerprint density at radius 1 is 1.73 bits per heavy atom. The third kappa shape index (κ3) is 3.58. The quantitative estimate of drug-likeness (QED) is 0.517. The molecule has 0 spiro atoms. The molecule has 1 heterocycles. The maximum absolute atomic E-state index is 4.94. The molecule has 0 unspecified atom stereocenters. The van der Waals surface area contributed by atoms with E-state index in [9.17, 15) is 0 Å². The molecular formula is C7H11NS3. The predicted molar refractivity (Wildman–Crippen MR) is 60.1 cm³/mol. The van der Waals surface area contributed by atoms with Gasteiger partial charge in [0.2, 0.25) is 0 Å². The lowest BCUT2D eigenvalue weighted by atomic mass is 10.5. The Kier molecular flexibility index (Phi) is 4.48. The number of thiocarbonyl (C=S) groups is 1. The van der Waals surface area contributed by atoms with E-state index in [0.29, 0.717) is 0 Å². The fourth-order valence-corrected chi connectivity index (χ4v) is 2.67. The van der Waals surface area contributed by atoms with E-state index in [0.717, 1.165) is 15.8 Å². The fraction of sp³-hybridized carbons (Fsp3) is 0.714. The molecule has 0 amide bonds. The van der Waals surface area contributed by atoms with Gasteiger partial charge in [-0.1, -0.05) is 30.9 Å². The van der Waals surface area contributed by atoms with Crippen LogP contribution in [-0.2, 0) is 0 Å². The number of thioether (sulfide) groups is 2. The average Bonchev–Trinajstić information content (AvgIpc) is 2.37. The van der Waals surface area contributed by atoms with Crippen molar-refractivity contribution in [3.05, 3.63) is 0 Å². The zero-order chi connectivity index (χ0) is 8.10. The minimum absolute atomic E-state index is 0.817. The molecule has 0 atom stereocenters. The van der Waals surface area contributed by atoms with Crippen molar-refractivity contribution in [2.75, 3.05) is 17.3 Å². The maximum Gasteiger partial charge on any atom is 0.160 e. The first-order chi connectivity index (χ1) is 5.33. The fourth-order valence-electron chi connectivity index (χ4n) is 0.747. The second kappa shape index (κ2) is 5.17. The van der Waals surface area contributed by atoms with E-state index >= 15 is 0 Å². The summed E-state index contributed by atoms with van der Waals surface area (Å²) in [5, 5.41) is 0. The van der Waals surface area contributed by atoms with Gasteiger partial charge in [0.05, 0.1) is 0 Å². The summed E-state index contributed by atoms with van der Waals surface area (Å²) in [5.41, 5.74) is 1.26. The minimum atomic E-state index is 0.817. The Balaban J connectivity index is 2.17. The molecule has 62 valence electrons. The largest absolute Gasteiger partial charge is 0.237 e. The van der Waals surface area contributed by atoms with Crippen molar-refractivity contribution in [1.29, 1.82) is 0 Å². The molecule has 1 aliphatic heterocycles. The van der Waals surface area contributed by atoms with E-state index in [2.05, 4.69) is 11.9 Å². The van der Waals surface area contributed by atoms with E-state index in [4.69, 9.17) is 12.2 Å². The zero-order valence-electron chi connectivity index (χ0n) is 6.50. The molecule has 0 saturated carbocycles. The van der Waals surface area contributed by atoms with Gasteiger partial charge in [0, 0.05) is 17.2 Å². The monoisotopic (exact) mass is 205 g/mol. The van der Waals surface area contributed by atoms with Crippen LogP contribution >= 0.6 is 35.7 Å². The average molecular weight is 205 g/mol. The van der Waals surface area contributed by atoms with Crippen LogP contribution in [0.3, 0.4) is 0 Å². The van der Waals surface area contributed by atoms with Gasteiger partial charge in [0.1, 0.15) is 0 Å². The Labute approximate surface area is 81.4 Å². The van der Waals surface area contributed by atoms with Crippen LogP contribution in [0.1, 0.15) is 13.3 Å². The number of hydrogen-bond donors (Lipinski definition) is 0. The van der Waals surface area contributed by atoms with Gasteiger partial charge in [0.15, 0.2) is 4.32 Å². The van der Waals surface area contributed by atoms with Gasteiger partial charge >= 0.3 is 0 Å². The maximum atomic E-state index is 4.94. The van der Waals surface area contributed by atoms with Gasteiger partial charge in [-0.15, -0.1) is 0 Å². The van der Waals surface area contributed by atoms with Gasteiger partial charge in [-0.3, -0.25) is 0 Å². The second-order valence-corrected chi connectivity index (χ2v) is 5.00. The third-order valence-corrected chi connectivity index (χ3v) is 3.72. The summed E-state index contributed by atoms with van der Waals surface area (Å²) in [6.07, 6.45) is 1.25. The highest BCUT2D eigenvalue weighted by molar-refractivity contribution is 8.24. The first-order valence-electron chi connectivity index (χ1n) is 3.64. The van der Waals surface area contributed by atoms with Crippen LogP contribution in [0.5, 0.6) is 0 Å². The summed E-state index contributed by atoms with van der Waals surface area (Å²) >= 11 is 8.57. The van der Waals surface area contributed by atoms with Crippen molar-refractivity contribution in [1.82, 2.24) is 0 Å². The van der Waals surface area contributed by atoms with Crippen molar-refractivity contribution in [3.63, 3.8) is 0 Å². The first-order valence-corrected chi connectivity index (χ1v) is 6.18. The first kappa shape index (κ1) is 9.55. The van der Waals surface area contributed by atoms with Crippen LogP contribution in [0.25, 0.3) is 0 Å². The van der Waals surface area contributed by atoms with E-state index in [1.54, 1.807) is 11.8 Å². The van der Waals surface area contributed by atoms with Gasteiger partial charge in [0.25, 0.3) is 0 Å². The molecule has 0 saturated heterocycles. The molecule has 0 aromatic rings. The van der Waals surface area contributed by atoms with E-state index in [1.807, 2.05) is 11.8 Å². The number of aliphatic imine (C=N–C) groups is 1. The summed E-state index contributed by atoms with van der Waals surface area (Å²) in [5.74, 6) is 3.33. The lowest BCUT2D eigenvalue weighted by Crippen LogP contribution is -2.01. The van der Waals surface area contributed by atoms with Crippen LogP contribution in [0.2, 0.25) is 0 Å². The standard InChI is InChI=1S/C7H11NS3/c1-2-3-10-4-6-5-11-7(9)8-6/h2-5H2,1H3. The van der Waals surface area contributed by atoms with Gasteiger partial charge < -0.3 is 0 Å². The highest BCUT2D eigenvalue weighted by atomic mass is 32.2. The van der Waals surface area contributed by atoms with Crippen molar-refractivity contribution in [3.8, 4) is 0 Å². The summed E-state index contributed by atoms with van der Waals surface area (Å²) in [6, 6.07) is 0. The number of nitrogens with zero attached hydrogens (tertiary/aromatic N) is 1. The smallest absolute Gasteiger partial charge is 0.160 e. The van der Waals surface area contributed by atoms with Crippen LogP contribution < -0.4 is 0 Å². The van der Waals surface area contributed by atoms with Gasteiger partial charge in [-0.25, -0.2) is 4.99 Å². The number of rotatable bonds is 4. The highest BCUT2D eigenvalue weighted by Crippen LogP contribution is 2.17. The lowest BCUT2D eigenvalue weighted by Gasteiger charge is -1.96. The van der Waals surface area contributed by atoms with Crippen LogP contribution in [0.4, 0.5) is 0 Å². The minimum Gasteiger partial charge on any atom is -0.237 e. The molecule has 0 N–H and O–H groups in total. The molecule has 0 bridgehead atoms. The molecule has 1 nitrogen and oxygen atoms in total. The van der Waals surface area contributed by atoms with Crippen LogP contribution in [0.15, 0.2) is 4.99 Å². The molecule has 0 aromatic carbocycles. The topological polar surface area (TPSA) is 12.4 Å². The van der Waals surface area contributed by atoms with E-state index in [-0.39, 0.29) is 0 Å². The van der Waals surface area contributed by atoms with Crippen molar-refractivity contribution >= 4 is 45.8 Å². The summed E-state index contributed by atoms with van der Waals surface area (Å²) in [6.45, 7) is 2.20. The van der Waals surface area contributed by atoms with Crippen LogP contribution in [0, 0.1) is 0 Å². The van der Waals surface area contributed by atoms with E-state index < -0.39 is 0 Å². The molecule has 11 heavy (non-hydrogen) atoms. The molecular weight excluding hydrogens is 194 g/mol. The van der Waals surface area contributed by atoms with Crippen LogP contribution in [-0.4, -0.2) is 27.3 Å². The number of hydrogen-bond acceptors (Lipinski definition) is 3. The highest BCUT2D eigenvalue weighted by Gasteiger charge is 2.10. The SMILES string of the molecule is CCCSCC1=NC(=S)SC1. The lowest BCUT2D eigenvalue weighted by molar-refractivity contribution is 1.11. The molecule has 1 aliphatic rings. The Morgan fingerprint density at radius 2 is 2.55 bits per heavy atom. The summed E-state index contributed by atoms with van der Waals surface area (Å²) in [7, 11) is 0. The Morgan fingerprint density at radius 3 is 3.09 bits per heavy atom. The Bertz CT molecular complexity index is 177. The van der Waals surface area contributed by atoms with Crippen molar-refractivity contribution in [2.45, 2.75) is 13.3 Å². The third-order valence-electron chi connectivity index (χ3n) is 1.23. The van der Waals surface area contributed by atoms with Crippen molar-refractivity contribution in [2.24, 2.45) is 4.99 Å². The van der Waals surface area contributed by atoms with E-state index in [1.165, 1.54) is 17.9 Å². The van der Waals surface area contributed by atoms with Gasteiger partial charge in [-0.2, -0.15) is 11.8 Å². The zero-order valence-corrected chi connectivity index (χ0v) is 8.95. The molecule has 4 heteroatoms.